The lowest BCUT2D eigenvalue weighted by molar-refractivity contribution is 0.573. The number of rotatable bonds is 8. The summed E-state index contributed by atoms with van der Waals surface area (Å²) in [5.41, 5.74) is 8.04. The molecule has 2 aromatic carbocycles. The maximum atomic E-state index is 13.4. The number of nitrogens with zero attached hydrogens (tertiary/aromatic N) is 6. The molecule has 0 atom stereocenters. The second-order valence-corrected chi connectivity index (χ2v) is 12.5. The largest absolute Gasteiger partial charge is 0.375 e. The number of primary sulfonamides is 1. The van der Waals surface area contributed by atoms with Crippen molar-refractivity contribution in [3.05, 3.63) is 60.4 Å². The fourth-order valence-electron chi connectivity index (χ4n) is 4.09. The van der Waals surface area contributed by atoms with Crippen LogP contribution in [0.5, 0.6) is 0 Å². The fourth-order valence-corrected chi connectivity index (χ4v) is 7.48. The van der Waals surface area contributed by atoms with Crippen LogP contribution in [0.15, 0.2) is 64.6 Å². The minimum Gasteiger partial charge on any atom is -0.375 e. The molecule has 0 aliphatic heterocycles. The molecule has 0 saturated carbocycles. The molecule has 3 aromatic heterocycles. The standard InChI is InChI=1S/C22H21N9O4S3/c1-31-21(28-29-30-31)18-14(15-3-2-4-16-19(15)27-22(23)36-16)5-6-17(20(18)37(24,32)33)38(34,35)26-12-9-13-7-10-25-11-8-13/h2-8,10-11,26H,9,12H2,1H3,(H2,23,27)(H2,24,32,33). The van der Waals surface area contributed by atoms with Crippen LogP contribution in [0.2, 0.25) is 0 Å². The van der Waals surface area contributed by atoms with E-state index < -0.39 is 29.8 Å². The van der Waals surface area contributed by atoms with Crippen LogP contribution < -0.4 is 15.6 Å². The maximum Gasteiger partial charge on any atom is 0.241 e. The minimum atomic E-state index is -4.62. The average molecular weight is 572 g/mol. The number of aromatic nitrogens is 6. The van der Waals surface area contributed by atoms with E-state index in [4.69, 9.17) is 10.9 Å². The average Bonchev–Trinajstić information content (AvgIpc) is 3.47. The normalized spacial score (nSPS) is 12.3. The number of para-hydroxylation sites is 1. The van der Waals surface area contributed by atoms with Gasteiger partial charge in [-0.2, -0.15) is 0 Å². The van der Waals surface area contributed by atoms with Gasteiger partial charge in [0.15, 0.2) is 11.0 Å². The van der Waals surface area contributed by atoms with Crippen LogP contribution in [0.3, 0.4) is 0 Å². The molecule has 0 amide bonds. The Morgan fingerprint density at radius 2 is 1.79 bits per heavy atom. The van der Waals surface area contributed by atoms with Crippen molar-refractivity contribution >= 4 is 46.7 Å². The molecule has 5 aromatic rings. The van der Waals surface area contributed by atoms with Gasteiger partial charge in [-0.15, -0.1) is 5.10 Å². The smallest absolute Gasteiger partial charge is 0.241 e. The summed E-state index contributed by atoms with van der Waals surface area (Å²) in [5, 5.41) is 17.4. The molecule has 5 rings (SSSR count). The molecule has 0 fully saturated rings. The third kappa shape index (κ3) is 4.86. The van der Waals surface area contributed by atoms with Gasteiger partial charge in [0.05, 0.1) is 15.8 Å². The monoisotopic (exact) mass is 571 g/mol. The van der Waals surface area contributed by atoms with Crippen LogP contribution in [0.4, 0.5) is 5.13 Å². The molecule has 38 heavy (non-hydrogen) atoms. The van der Waals surface area contributed by atoms with E-state index in [9.17, 15) is 16.8 Å². The maximum absolute atomic E-state index is 13.4. The molecule has 0 unspecified atom stereocenters. The van der Waals surface area contributed by atoms with Gasteiger partial charge in [-0.1, -0.05) is 29.5 Å². The van der Waals surface area contributed by atoms with Crippen molar-refractivity contribution in [2.75, 3.05) is 12.3 Å². The SMILES string of the molecule is Cn1nnnc1-c1c(-c2cccc3sc(N)nc23)ccc(S(=O)(=O)NCCc2ccncc2)c1S(N)(=O)=O. The summed E-state index contributed by atoms with van der Waals surface area (Å²) in [4.78, 5) is 7.16. The van der Waals surface area contributed by atoms with E-state index in [1.54, 1.807) is 36.7 Å². The Hall–Kier alpha value is -3.83. The molecule has 0 aliphatic carbocycles. The lowest BCUT2D eigenvalue weighted by atomic mass is 9.98. The molecule has 16 heteroatoms. The zero-order chi connectivity index (χ0) is 27.1. The molecule has 3 heterocycles. The van der Waals surface area contributed by atoms with E-state index in [0.29, 0.717) is 28.2 Å². The number of thiazole rings is 1. The topological polar surface area (TPSA) is 202 Å². The van der Waals surface area contributed by atoms with E-state index in [-0.39, 0.29) is 17.9 Å². The summed E-state index contributed by atoms with van der Waals surface area (Å²) in [6.45, 7) is 0.0103. The number of nitrogen functional groups attached to an aromatic ring is 1. The van der Waals surface area contributed by atoms with E-state index in [2.05, 4.69) is 30.2 Å². The van der Waals surface area contributed by atoms with Crippen molar-refractivity contribution in [3.63, 3.8) is 0 Å². The summed E-state index contributed by atoms with van der Waals surface area (Å²) < 4.78 is 57.4. The Labute approximate surface area is 221 Å². The Morgan fingerprint density at radius 3 is 2.47 bits per heavy atom. The van der Waals surface area contributed by atoms with Gasteiger partial charge in [0.25, 0.3) is 0 Å². The second kappa shape index (κ2) is 9.80. The number of aryl methyl sites for hydroxylation is 1. The van der Waals surface area contributed by atoms with Crippen molar-refractivity contribution in [2.24, 2.45) is 12.2 Å². The lowest BCUT2D eigenvalue weighted by Gasteiger charge is -2.18. The van der Waals surface area contributed by atoms with Gasteiger partial charge >= 0.3 is 0 Å². The molecular formula is C22H21N9O4S3. The quantitative estimate of drug-likeness (QED) is 0.244. The van der Waals surface area contributed by atoms with Gasteiger partial charge < -0.3 is 5.73 Å². The lowest BCUT2D eigenvalue weighted by Crippen LogP contribution is -2.29. The number of hydrogen-bond acceptors (Lipinski definition) is 11. The van der Waals surface area contributed by atoms with Crippen molar-refractivity contribution in [3.8, 4) is 22.5 Å². The predicted molar refractivity (Wildman–Crippen MR) is 142 cm³/mol. The minimum absolute atomic E-state index is 0.00179. The van der Waals surface area contributed by atoms with Gasteiger partial charge in [-0.25, -0.2) is 36.4 Å². The number of benzene rings is 2. The van der Waals surface area contributed by atoms with Crippen LogP contribution in [0.1, 0.15) is 5.56 Å². The highest BCUT2D eigenvalue weighted by Crippen LogP contribution is 2.42. The first-order valence-electron chi connectivity index (χ1n) is 11.0. The molecule has 5 N–H and O–H groups in total. The summed E-state index contributed by atoms with van der Waals surface area (Å²) in [6, 6.07) is 11.5. The number of fused-ring (bicyclic) bond motifs is 1. The zero-order valence-electron chi connectivity index (χ0n) is 19.8. The first kappa shape index (κ1) is 25.8. The number of nitrogens with one attached hydrogen (secondary N) is 1. The van der Waals surface area contributed by atoms with Crippen LogP contribution >= 0.6 is 11.3 Å². The van der Waals surface area contributed by atoms with Crippen molar-refractivity contribution in [1.82, 2.24) is 34.9 Å². The summed E-state index contributed by atoms with van der Waals surface area (Å²) in [6.07, 6.45) is 3.55. The highest BCUT2D eigenvalue weighted by molar-refractivity contribution is 7.92. The van der Waals surface area contributed by atoms with Crippen LogP contribution in [0, 0.1) is 0 Å². The van der Waals surface area contributed by atoms with E-state index in [1.165, 1.54) is 35.2 Å². The Kier molecular flexibility index (Phi) is 6.66. The molecule has 0 spiro atoms. The van der Waals surface area contributed by atoms with E-state index in [0.717, 1.165) is 10.3 Å². The van der Waals surface area contributed by atoms with E-state index in [1.807, 2.05) is 6.07 Å². The molecule has 0 bridgehead atoms. The summed E-state index contributed by atoms with van der Waals surface area (Å²) in [5.74, 6) is -0.00179. The van der Waals surface area contributed by atoms with Crippen LogP contribution in [-0.4, -0.2) is 53.6 Å². The highest BCUT2D eigenvalue weighted by atomic mass is 32.2. The first-order chi connectivity index (χ1) is 18.1. The number of hydrogen-bond donors (Lipinski definition) is 3. The Balaban J connectivity index is 1.73. The number of nitrogens with two attached hydrogens (primary N) is 2. The fraction of sp³-hybridized carbons (Fsp3) is 0.136. The van der Waals surface area contributed by atoms with Gasteiger partial charge in [0.1, 0.15) is 9.79 Å². The molecule has 196 valence electrons. The van der Waals surface area contributed by atoms with E-state index >= 15 is 0 Å². The zero-order valence-corrected chi connectivity index (χ0v) is 22.3. The van der Waals surface area contributed by atoms with Gasteiger partial charge in [-0.05, 0) is 52.2 Å². The number of pyridine rings is 1. The first-order valence-corrected chi connectivity index (χ1v) is 14.9. The van der Waals surface area contributed by atoms with Crippen LogP contribution in [0.25, 0.3) is 32.7 Å². The van der Waals surface area contributed by atoms with Crippen molar-refractivity contribution < 1.29 is 16.8 Å². The summed E-state index contributed by atoms with van der Waals surface area (Å²) >= 11 is 1.26. The molecule has 13 nitrogen and oxygen atoms in total. The molecule has 0 radical (unpaired) electrons. The third-order valence-electron chi connectivity index (χ3n) is 5.72. The van der Waals surface area contributed by atoms with Gasteiger partial charge in [-0.3, -0.25) is 4.98 Å². The number of sulfonamides is 2. The second-order valence-electron chi connectivity index (χ2n) is 8.19. The Bertz CT molecular complexity index is 1870. The van der Waals surface area contributed by atoms with Crippen molar-refractivity contribution in [1.29, 1.82) is 0 Å². The summed E-state index contributed by atoms with van der Waals surface area (Å²) in [7, 11) is -7.47. The molecular weight excluding hydrogens is 551 g/mol. The molecule has 0 saturated heterocycles. The number of tetrazole rings is 1. The number of anilines is 1. The molecule has 0 aliphatic rings. The predicted octanol–water partition coefficient (Wildman–Crippen LogP) is 1.30. The van der Waals surface area contributed by atoms with Crippen LogP contribution in [-0.2, 0) is 33.5 Å². The van der Waals surface area contributed by atoms with Crippen molar-refractivity contribution in [2.45, 2.75) is 16.2 Å². The Morgan fingerprint density at radius 1 is 1.03 bits per heavy atom. The van der Waals surface area contributed by atoms with Gasteiger partial charge in [0.2, 0.25) is 20.0 Å². The highest BCUT2D eigenvalue weighted by Gasteiger charge is 2.32. The third-order valence-corrected chi connectivity index (χ3v) is 9.20. The van der Waals surface area contributed by atoms with Gasteiger partial charge in [0, 0.05) is 31.5 Å².